The summed E-state index contributed by atoms with van der Waals surface area (Å²) in [5, 5.41) is 13.0. The van der Waals surface area contributed by atoms with Gasteiger partial charge < -0.3 is 25.2 Å². The first-order valence-corrected chi connectivity index (χ1v) is 19.2. The Morgan fingerprint density at radius 2 is 1.64 bits per heavy atom. The predicted octanol–water partition coefficient (Wildman–Crippen LogP) is 1.84. The summed E-state index contributed by atoms with van der Waals surface area (Å²) in [5.41, 5.74) is 0.431. The second-order valence-electron chi connectivity index (χ2n) is 13.1. The van der Waals surface area contributed by atoms with Crippen LogP contribution in [0, 0.1) is 6.92 Å². The average molecular weight is 731 g/mol. The normalized spacial score (nSPS) is 17.4. The summed E-state index contributed by atoms with van der Waals surface area (Å²) in [6.07, 6.45) is 1.31. The fourth-order valence-corrected chi connectivity index (χ4v) is 7.30. The molecule has 2 aliphatic rings. The number of carbonyl (C=O) groups is 2. The molecular formula is C31H42N10O7S2. The second-order valence-corrected chi connectivity index (χ2v) is 17.0. The number of piperazine rings is 1. The number of aromatic nitrogens is 4. The van der Waals surface area contributed by atoms with Gasteiger partial charge in [0, 0.05) is 58.1 Å². The Morgan fingerprint density at radius 3 is 2.28 bits per heavy atom. The minimum Gasteiger partial charge on any atom is -0.444 e. The number of anilines is 4. The van der Waals surface area contributed by atoms with E-state index in [9.17, 15) is 26.4 Å². The zero-order valence-corrected chi connectivity index (χ0v) is 30.5. The third kappa shape index (κ3) is 8.75. The van der Waals surface area contributed by atoms with Crippen molar-refractivity contribution in [2.45, 2.75) is 50.8 Å². The van der Waals surface area contributed by atoms with E-state index >= 15 is 0 Å². The molecule has 2 fully saturated rings. The van der Waals surface area contributed by atoms with Crippen LogP contribution in [0.25, 0.3) is 0 Å². The summed E-state index contributed by atoms with van der Waals surface area (Å²) in [4.78, 5) is 38.6. The molecule has 19 heteroatoms. The van der Waals surface area contributed by atoms with Crippen molar-refractivity contribution in [3.8, 4) is 0 Å². The van der Waals surface area contributed by atoms with Crippen LogP contribution < -0.4 is 24.7 Å². The fourth-order valence-electron chi connectivity index (χ4n) is 5.49. The third-order valence-electron chi connectivity index (χ3n) is 8.05. The highest BCUT2D eigenvalue weighted by Gasteiger charge is 2.32. The van der Waals surface area contributed by atoms with E-state index in [1.807, 2.05) is 38.7 Å². The standard InChI is InChI=1S/C31H42N10O7S2/c1-21-19-26(40-14-13-22(20-40)33-30(43)48-31(2,3)4)35-29(32-21)39-15-17-41(18-16-39)50(46,47)27-12-11-25(36-37-27)34-28(42)23-9-7-8-10-24(23)38(5)49(6,44)45/h7-12,19,22H,13-18,20H2,1-6H3,(H,33,43)(H,34,36,42)/t22-/m1/s1. The molecule has 0 aliphatic carbocycles. The third-order valence-corrected chi connectivity index (χ3v) is 11.0. The minimum absolute atomic E-state index is 0.00655. The van der Waals surface area contributed by atoms with Crippen LogP contribution in [-0.4, -0.2) is 118 Å². The number of ether oxygens (including phenoxy) is 1. The zero-order chi connectivity index (χ0) is 36.4. The van der Waals surface area contributed by atoms with Crippen molar-refractivity contribution in [2.75, 3.05) is 72.0 Å². The van der Waals surface area contributed by atoms with Crippen molar-refractivity contribution in [1.82, 2.24) is 29.8 Å². The van der Waals surface area contributed by atoms with E-state index in [-0.39, 0.29) is 41.2 Å². The van der Waals surface area contributed by atoms with E-state index in [1.165, 1.54) is 35.6 Å². The Kier molecular flexibility index (Phi) is 10.5. The van der Waals surface area contributed by atoms with Gasteiger partial charge in [0.2, 0.25) is 16.0 Å². The number of nitrogens with one attached hydrogen (secondary N) is 2. The predicted molar refractivity (Wildman–Crippen MR) is 187 cm³/mol. The van der Waals surface area contributed by atoms with Gasteiger partial charge in [0.25, 0.3) is 15.9 Å². The van der Waals surface area contributed by atoms with Crippen LogP contribution in [0.1, 0.15) is 43.2 Å². The largest absolute Gasteiger partial charge is 0.444 e. The number of nitrogens with zero attached hydrogens (tertiary/aromatic N) is 8. The molecule has 0 saturated carbocycles. The highest BCUT2D eigenvalue weighted by atomic mass is 32.2. The molecule has 50 heavy (non-hydrogen) atoms. The minimum atomic E-state index is -4.00. The summed E-state index contributed by atoms with van der Waals surface area (Å²) in [5.74, 6) is 0.572. The van der Waals surface area contributed by atoms with Crippen LogP contribution in [0.4, 0.5) is 28.1 Å². The molecule has 0 spiro atoms. The monoisotopic (exact) mass is 730 g/mol. The number of para-hydroxylation sites is 1. The summed E-state index contributed by atoms with van der Waals surface area (Å²) >= 11 is 0. The highest BCUT2D eigenvalue weighted by molar-refractivity contribution is 7.92. The Morgan fingerprint density at radius 1 is 0.940 bits per heavy atom. The summed E-state index contributed by atoms with van der Waals surface area (Å²) in [7, 11) is -6.29. The highest BCUT2D eigenvalue weighted by Crippen LogP contribution is 2.25. The van der Waals surface area contributed by atoms with Gasteiger partial charge in [-0.25, -0.2) is 26.6 Å². The van der Waals surface area contributed by atoms with Crippen molar-refractivity contribution in [3.05, 3.63) is 53.7 Å². The van der Waals surface area contributed by atoms with Gasteiger partial charge in [0.05, 0.1) is 23.5 Å². The van der Waals surface area contributed by atoms with Crippen molar-refractivity contribution in [3.63, 3.8) is 0 Å². The molecule has 2 saturated heterocycles. The molecule has 0 unspecified atom stereocenters. The number of benzene rings is 1. The van der Waals surface area contributed by atoms with E-state index in [0.29, 0.717) is 32.1 Å². The topological polar surface area (TPSA) is 200 Å². The molecule has 3 aromatic rings. The molecule has 2 aliphatic heterocycles. The van der Waals surface area contributed by atoms with Crippen LogP contribution in [0.15, 0.2) is 47.5 Å². The maximum Gasteiger partial charge on any atom is 0.407 e. The lowest BCUT2D eigenvalue weighted by Crippen LogP contribution is -2.49. The smallest absolute Gasteiger partial charge is 0.407 e. The quantitative estimate of drug-likeness (QED) is 0.324. The van der Waals surface area contributed by atoms with E-state index in [0.717, 1.165) is 28.5 Å². The maximum absolute atomic E-state index is 13.4. The number of carbonyl (C=O) groups excluding carboxylic acids is 2. The van der Waals surface area contributed by atoms with Gasteiger partial charge in [-0.2, -0.15) is 9.29 Å². The second kappa shape index (κ2) is 14.3. The Hall–Kier alpha value is -4.62. The summed E-state index contributed by atoms with van der Waals surface area (Å²) < 4.78 is 58.7. The Balaban J connectivity index is 1.19. The summed E-state index contributed by atoms with van der Waals surface area (Å²) in [6, 6.07) is 10.6. The first kappa shape index (κ1) is 36.7. The molecule has 0 bridgehead atoms. The van der Waals surface area contributed by atoms with Crippen molar-refractivity contribution in [2.24, 2.45) is 0 Å². The first-order valence-electron chi connectivity index (χ1n) is 15.9. The molecule has 270 valence electrons. The zero-order valence-electron chi connectivity index (χ0n) is 28.8. The fraction of sp³-hybridized carbons (Fsp3) is 0.484. The molecule has 5 rings (SSSR count). The van der Waals surface area contributed by atoms with Gasteiger partial charge in [-0.1, -0.05) is 12.1 Å². The molecule has 0 radical (unpaired) electrons. The molecule has 2 N–H and O–H groups in total. The van der Waals surface area contributed by atoms with Crippen LogP contribution >= 0.6 is 0 Å². The molecule has 17 nitrogen and oxygen atoms in total. The van der Waals surface area contributed by atoms with Gasteiger partial charge in [-0.3, -0.25) is 9.10 Å². The van der Waals surface area contributed by atoms with Crippen LogP contribution in [0.2, 0.25) is 0 Å². The number of rotatable bonds is 9. The van der Waals surface area contributed by atoms with Crippen LogP contribution in [0.5, 0.6) is 0 Å². The average Bonchev–Trinajstić information content (AvgIpc) is 3.51. The Bertz CT molecular complexity index is 1950. The number of amides is 2. The van der Waals surface area contributed by atoms with E-state index in [4.69, 9.17) is 9.72 Å². The SMILES string of the molecule is Cc1cc(N2CC[C@@H](NC(=O)OC(C)(C)C)C2)nc(N2CCN(S(=O)(=O)c3ccc(NC(=O)c4ccccc4N(C)S(C)(=O)=O)nn3)CC2)n1. The maximum atomic E-state index is 13.4. The number of hydrogen-bond donors (Lipinski definition) is 2. The van der Waals surface area contributed by atoms with Crippen LogP contribution in [0.3, 0.4) is 0 Å². The van der Waals surface area contributed by atoms with E-state index in [2.05, 4.69) is 30.7 Å². The van der Waals surface area contributed by atoms with Crippen LogP contribution in [-0.2, 0) is 24.8 Å². The van der Waals surface area contributed by atoms with Gasteiger partial charge in [-0.15, -0.1) is 10.2 Å². The molecular weight excluding hydrogens is 689 g/mol. The molecule has 2 amide bonds. The lowest BCUT2D eigenvalue weighted by Gasteiger charge is -2.34. The van der Waals surface area contributed by atoms with E-state index in [1.54, 1.807) is 12.1 Å². The first-order chi connectivity index (χ1) is 23.4. The van der Waals surface area contributed by atoms with Gasteiger partial charge >= 0.3 is 6.09 Å². The molecule has 4 heterocycles. The van der Waals surface area contributed by atoms with Crippen molar-refractivity contribution in [1.29, 1.82) is 0 Å². The van der Waals surface area contributed by atoms with E-state index < -0.39 is 37.6 Å². The lowest BCUT2D eigenvalue weighted by atomic mass is 10.1. The number of sulfonamides is 2. The molecule has 1 atom stereocenters. The number of hydrogen-bond acceptors (Lipinski definition) is 13. The Labute approximate surface area is 292 Å². The van der Waals surface area contributed by atoms with Gasteiger partial charge in [0.15, 0.2) is 10.8 Å². The number of alkyl carbamates (subject to hydrolysis) is 1. The van der Waals surface area contributed by atoms with Crippen molar-refractivity contribution >= 4 is 55.3 Å². The lowest BCUT2D eigenvalue weighted by molar-refractivity contribution is 0.0508. The van der Waals surface area contributed by atoms with Gasteiger partial charge in [0.1, 0.15) is 11.4 Å². The number of aryl methyl sites for hydroxylation is 1. The van der Waals surface area contributed by atoms with Gasteiger partial charge in [-0.05, 0) is 58.4 Å². The molecule has 2 aromatic heterocycles. The molecule has 1 aromatic carbocycles. The van der Waals surface area contributed by atoms with Crippen molar-refractivity contribution < 1.29 is 31.2 Å². The summed E-state index contributed by atoms with van der Waals surface area (Å²) in [6.45, 7) is 9.59.